The Kier molecular flexibility index (Phi) is 6.54. The molecule has 0 bridgehead atoms. The average molecular weight is 583 g/mol. The molecule has 1 spiro atoms. The fraction of sp³-hybridized carbons (Fsp3) is 0.189. The van der Waals surface area contributed by atoms with Gasteiger partial charge in [0.2, 0.25) is 0 Å². The Labute approximate surface area is 256 Å². The van der Waals surface area contributed by atoms with Crippen LogP contribution in [0.25, 0.3) is 10.8 Å². The molecule has 0 saturated carbocycles. The maximum atomic E-state index is 14.5. The van der Waals surface area contributed by atoms with Gasteiger partial charge in [-0.15, -0.1) is 0 Å². The zero-order valence-corrected chi connectivity index (χ0v) is 25.2. The topological polar surface area (TPSA) is 82.7 Å². The molecule has 2 aliphatic rings. The first kappa shape index (κ1) is 27.5. The van der Waals surface area contributed by atoms with Crippen molar-refractivity contribution in [3.8, 4) is 11.5 Å². The number of ether oxygens (including phenoxy) is 1. The minimum absolute atomic E-state index is 0.283. The highest BCUT2D eigenvalue weighted by Gasteiger charge is 2.57. The summed E-state index contributed by atoms with van der Waals surface area (Å²) in [7, 11) is 0. The Morgan fingerprint density at radius 2 is 1.34 bits per heavy atom. The van der Waals surface area contributed by atoms with Crippen molar-refractivity contribution in [2.45, 2.75) is 33.2 Å². The third-order valence-electron chi connectivity index (χ3n) is 8.72. The van der Waals surface area contributed by atoms with Crippen molar-refractivity contribution in [2.24, 2.45) is 0 Å². The highest BCUT2D eigenvalue weighted by atomic mass is 16.5. The largest absolute Gasteiger partial charge is 0.456 e. The average Bonchev–Trinajstić information content (AvgIpc) is 3.27. The molecule has 0 fully saturated rings. The summed E-state index contributed by atoms with van der Waals surface area (Å²) in [5.41, 5.74) is 9.24. The van der Waals surface area contributed by atoms with Gasteiger partial charge in [-0.3, -0.25) is 15.0 Å². The second-order valence-corrected chi connectivity index (χ2v) is 11.4. The van der Waals surface area contributed by atoms with Crippen LogP contribution < -0.4 is 20.8 Å². The van der Waals surface area contributed by atoms with E-state index in [1.165, 1.54) is 5.01 Å². The summed E-state index contributed by atoms with van der Waals surface area (Å²) in [4.78, 5) is 28.7. The predicted molar refractivity (Wildman–Crippen MR) is 175 cm³/mol. The molecule has 2 heterocycles. The van der Waals surface area contributed by atoms with E-state index < -0.39 is 5.54 Å². The van der Waals surface area contributed by atoms with Crippen LogP contribution >= 0.6 is 0 Å². The molecule has 7 nitrogen and oxygen atoms in total. The Bertz CT molecular complexity index is 1920. The zero-order chi connectivity index (χ0) is 30.6. The molecule has 0 radical (unpaired) electrons. The molecule has 220 valence electrons. The van der Waals surface area contributed by atoms with Crippen molar-refractivity contribution in [1.82, 2.24) is 10.4 Å². The van der Waals surface area contributed by atoms with Gasteiger partial charge in [-0.05, 0) is 73.9 Å². The van der Waals surface area contributed by atoms with Gasteiger partial charge >= 0.3 is 0 Å². The molecule has 0 aromatic heterocycles. The van der Waals surface area contributed by atoms with E-state index in [1.54, 1.807) is 6.07 Å². The van der Waals surface area contributed by atoms with Crippen molar-refractivity contribution >= 4 is 34.0 Å². The first-order valence-electron chi connectivity index (χ1n) is 15.1. The summed E-state index contributed by atoms with van der Waals surface area (Å²) in [5.74, 6) is 0.604. The number of carbonyl (C=O) groups excluding carboxylic acids is 2. The van der Waals surface area contributed by atoms with E-state index in [4.69, 9.17) is 4.74 Å². The highest BCUT2D eigenvalue weighted by Crippen LogP contribution is 2.58. The van der Waals surface area contributed by atoms with E-state index in [2.05, 4.69) is 42.0 Å². The first-order valence-corrected chi connectivity index (χ1v) is 15.1. The number of hydrogen-bond acceptors (Lipinski definition) is 5. The lowest BCUT2D eigenvalue weighted by Gasteiger charge is -2.44. The summed E-state index contributed by atoms with van der Waals surface area (Å²) in [6.45, 7) is 9.70. The molecule has 0 unspecified atom stereocenters. The lowest BCUT2D eigenvalue weighted by molar-refractivity contribution is 0.0448. The Morgan fingerprint density at radius 1 is 0.750 bits per heavy atom. The third-order valence-corrected chi connectivity index (χ3v) is 8.72. The van der Waals surface area contributed by atoms with Gasteiger partial charge in [-0.1, -0.05) is 54.6 Å². The van der Waals surface area contributed by atoms with Crippen LogP contribution in [0.3, 0.4) is 0 Å². The summed E-state index contributed by atoms with van der Waals surface area (Å²) in [6, 6.07) is 29.2. The van der Waals surface area contributed by atoms with Crippen molar-refractivity contribution in [3.05, 3.63) is 130 Å². The molecule has 7 rings (SSSR count). The molecule has 2 aliphatic heterocycles. The molecule has 7 heteroatoms. The number of benzene rings is 5. The fourth-order valence-corrected chi connectivity index (χ4v) is 6.77. The number of rotatable bonds is 6. The second kappa shape index (κ2) is 10.5. The van der Waals surface area contributed by atoms with Gasteiger partial charge < -0.3 is 15.4 Å². The smallest absolute Gasteiger partial charge is 0.274 e. The molecule has 0 aliphatic carbocycles. The summed E-state index contributed by atoms with van der Waals surface area (Å²) in [5, 5.41) is 10.2. The number of carbonyl (C=O) groups is 2. The minimum Gasteiger partial charge on any atom is -0.456 e. The normalized spacial score (nSPS) is 14.1. The van der Waals surface area contributed by atoms with E-state index in [9.17, 15) is 9.59 Å². The van der Waals surface area contributed by atoms with Crippen LogP contribution in [0, 0.1) is 13.8 Å². The molecule has 5 aromatic carbocycles. The quantitative estimate of drug-likeness (QED) is 0.193. The van der Waals surface area contributed by atoms with Gasteiger partial charge in [-0.2, -0.15) is 0 Å². The number of anilines is 2. The van der Waals surface area contributed by atoms with E-state index in [1.807, 2.05) is 86.6 Å². The molecular formula is C37H34N4O3. The van der Waals surface area contributed by atoms with Crippen molar-refractivity contribution < 1.29 is 14.3 Å². The SMILES string of the molecule is CCNc1cc2c(cc1C)C1(c3cc(C)c(NCC)cc3O2)c2ccccc2C(=O)N1NC(=O)c1cccc2ccccc12. The van der Waals surface area contributed by atoms with Gasteiger partial charge in [0.1, 0.15) is 17.0 Å². The molecule has 0 atom stereocenters. The third kappa shape index (κ3) is 3.96. The van der Waals surface area contributed by atoms with Crippen LogP contribution in [0.4, 0.5) is 11.4 Å². The number of nitrogens with zero attached hydrogens (tertiary/aromatic N) is 1. The van der Waals surface area contributed by atoms with Gasteiger partial charge in [0, 0.05) is 64.4 Å². The number of hydrogen-bond donors (Lipinski definition) is 3. The van der Waals surface area contributed by atoms with Crippen molar-refractivity contribution in [3.63, 3.8) is 0 Å². The molecule has 0 saturated heterocycles. The monoisotopic (exact) mass is 582 g/mol. The van der Waals surface area contributed by atoms with Crippen molar-refractivity contribution in [2.75, 3.05) is 23.7 Å². The Hall–Kier alpha value is -5.30. The van der Waals surface area contributed by atoms with Gasteiger partial charge in [0.25, 0.3) is 11.8 Å². The summed E-state index contributed by atoms with van der Waals surface area (Å²) < 4.78 is 6.66. The van der Waals surface area contributed by atoms with E-state index in [-0.39, 0.29) is 11.8 Å². The van der Waals surface area contributed by atoms with E-state index in [0.29, 0.717) is 22.6 Å². The highest BCUT2D eigenvalue weighted by molar-refractivity contribution is 6.09. The van der Waals surface area contributed by atoms with Crippen LogP contribution in [0.1, 0.15) is 62.4 Å². The van der Waals surface area contributed by atoms with Gasteiger partial charge in [0.05, 0.1) is 0 Å². The standard InChI is InChI=1S/C37H34N4O3/c1-5-38-31-20-33-29(18-22(31)3)37(30-19-23(4)32(39-6-2)21-34(30)44-33)28-17-10-9-15-27(28)36(43)41(37)40-35(42)26-16-11-13-24-12-7-8-14-25(24)26/h7-21,38-39H,5-6H2,1-4H3,(H,40,42). The number of amides is 2. The Balaban J connectivity index is 1.51. The Morgan fingerprint density at radius 3 is 2.00 bits per heavy atom. The van der Waals surface area contributed by atoms with Crippen molar-refractivity contribution in [1.29, 1.82) is 0 Å². The fourth-order valence-electron chi connectivity index (χ4n) is 6.77. The number of aryl methyl sites for hydroxylation is 2. The molecule has 3 N–H and O–H groups in total. The molecule has 2 amide bonds. The van der Waals surface area contributed by atoms with Gasteiger partial charge in [-0.25, -0.2) is 5.01 Å². The second-order valence-electron chi connectivity index (χ2n) is 11.4. The summed E-state index contributed by atoms with van der Waals surface area (Å²) in [6.07, 6.45) is 0. The lowest BCUT2D eigenvalue weighted by Crippen LogP contribution is -2.56. The van der Waals surface area contributed by atoms with E-state index in [0.717, 1.165) is 63.1 Å². The van der Waals surface area contributed by atoms with Crippen LogP contribution in [-0.2, 0) is 5.54 Å². The predicted octanol–water partition coefficient (Wildman–Crippen LogP) is 7.52. The molecule has 5 aromatic rings. The maximum absolute atomic E-state index is 14.5. The van der Waals surface area contributed by atoms with E-state index >= 15 is 0 Å². The van der Waals surface area contributed by atoms with Crippen LogP contribution in [0.15, 0.2) is 91.0 Å². The van der Waals surface area contributed by atoms with Crippen LogP contribution in [0.2, 0.25) is 0 Å². The minimum atomic E-state index is -1.18. The maximum Gasteiger partial charge on any atom is 0.274 e. The molecule has 44 heavy (non-hydrogen) atoms. The van der Waals surface area contributed by atoms with Crippen LogP contribution in [0.5, 0.6) is 11.5 Å². The number of hydrazine groups is 1. The van der Waals surface area contributed by atoms with Gasteiger partial charge in [0.15, 0.2) is 0 Å². The number of fused-ring (bicyclic) bond motifs is 7. The first-order chi connectivity index (χ1) is 21.4. The molecular weight excluding hydrogens is 548 g/mol. The van der Waals surface area contributed by atoms with Crippen LogP contribution in [-0.4, -0.2) is 29.9 Å². The summed E-state index contributed by atoms with van der Waals surface area (Å²) >= 11 is 0. The number of nitrogens with one attached hydrogen (secondary N) is 3. The zero-order valence-electron chi connectivity index (χ0n) is 25.2. The lowest BCUT2D eigenvalue weighted by atomic mass is 9.74.